The molecule has 0 spiro atoms. The van der Waals surface area contributed by atoms with Crippen molar-refractivity contribution in [3.05, 3.63) is 83.6 Å². The lowest BCUT2D eigenvalue weighted by Gasteiger charge is -2.09. The predicted molar refractivity (Wildman–Crippen MR) is 104 cm³/mol. The van der Waals surface area contributed by atoms with Crippen molar-refractivity contribution in [1.29, 1.82) is 0 Å². The van der Waals surface area contributed by atoms with Gasteiger partial charge in [-0.05, 0) is 42.8 Å². The molecule has 0 aliphatic carbocycles. The first-order chi connectivity index (χ1) is 12.6. The molecule has 0 aliphatic heterocycles. The summed E-state index contributed by atoms with van der Waals surface area (Å²) < 4.78 is 5.14. The van der Waals surface area contributed by atoms with E-state index >= 15 is 0 Å². The third-order valence-corrected chi connectivity index (χ3v) is 3.92. The van der Waals surface area contributed by atoms with Crippen molar-refractivity contribution in [1.82, 2.24) is 4.98 Å². The number of nitrogens with zero attached hydrogens (tertiary/aromatic N) is 1. The SMILES string of the molecule is COc1cccc(C(=O)Nc2ccc(NCc3cccc(C)c3)cn2)c1. The summed E-state index contributed by atoms with van der Waals surface area (Å²) in [6.07, 6.45) is 1.71. The second kappa shape index (κ2) is 8.16. The summed E-state index contributed by atoms with van der Waals surface area (Å²) in [6.45, 7) is 2.80. The van der Waals surface area contributed by atoms with Gasteiger partial charge in [0.25, 0.3) is 5.91 Å². The molecule has 1 heterocycles. The van der Waals surface area contributed by atoms with E-state index in [2.05, 4.69) is 40.7 Å². The maximum Gasteiger partial charge on any atom is 0.256 e. The number of hydrogen-bond donors (Lipinski definition) is 2. The van der Waals surface area contributed by atoms with Gasteiger partial charge in [0.15, 0.2) is 0 Å². The third-order valence-electron chi connectivity index (χ3n) is 3.92. The van der Waals surface area contributed by atoms with Gasteiger partial charge >= 0.3 is 0 Å². The van der Waals surface area contributed by atoms with Gasteiger partial charge in [0.05, 0.1) is 19.0 Å². The van der Waals surface area contributed by atoms with E-state index in [4.69, 9.17) is 4.74 Å². The maximum atomic E-state index is 12.3. The van der Waals surface area contributed by atoms with Gasteiger partial charge in [0, 0.05) is 12.1 Å². The average Bonchev–Trinajstić information content (AvgIpc) is 2.67. The van der Waals surface area contributed by atoms with E-state index in [9.17, 15) is 4.79 Å². The van der Waals surface area contributed by atoms with E-state index < -0.39 is 0 Å². The molecule has 0 fully saturated rings. The smallest absolute Gasteiger partial charge is 0.256 e. The highest BCUT2D eigenvalue weighted by Gasteiger charge is 2.08. The molecule has 3 aromatic rings. The highest BCUT2D eigenvalue weighted by atomic mass is 16.5. The lowest BCUT2D eigenvalue weighted by atomic mass is 10.1. The van der Waals surface area contributed by atoms with Crippen LogP contribution in [0.25, 0.3) is 0 Å². The van der Waals surface area contributed by atoms with Gasteiger partial charge in [-0.1, -0.05) is 35.9 Å². The molecular formula is C21H21N3O2. The molecule has 0 saturated carbocycles. The number of carbonyl (C=O) groups excluding carboxylic acids is 1. The summed E-state index contributed by atoms with van der Waals surface area (Å²) in [5.74, 6) is 0.914. The topological polar surface area (TPSA) is 63.2 Å². The normalized spacial score (nSPS) is 10.2. The molecule has 0 saturated heterocycles. The Morgan fingerprint density at radius 3 is 2.65 bits per heavy atom. The molecular weight excluding hydrogens is 326 g/mol. The van der Waals surface area contributed by atoms with E-state index in [1.165, 1.54) is 11.1 Å². The first kappa shape index (κ1) is 17.5. The van der Waals surface area contributed by atoms with Crippen molar-refractivity contribution >= 4 is 17.4 Å². The van der Waals surface area contributed by atoms with Crippen LogP contribution in [0.4, 0.5) is 11.5 Å². The van der Waals surface area contributed by atoms with Crippen molar-refractivity contribution in [2.24, 2.45) is 0 Å². The molecule has 0 aliphatic rings. The number of rotatable bonds is 6. The van der Waals surface area contributed by atoms with Crippen LogP contribution in [-0.2, 0) is 6.54 Å². The molecule has 0 unspecified atom stereocenters. The lowest BCUT2D eigenvalue weighted by Crippen LogP contribution is -2.13. The van der Waals surface area contributed by atoms with E-state index in [0.29, 0.717) is 17.1 Å². The molecule has 5 heteroatoms. The minimum atomic E-state index is -0.225. The summed E-state index contributed by atoms with van der Waals surface area (Å²) in [5.41, 5.74) is 3.86. The maximum absolute atomic E-state index is 12.3. The van der Waals surface area contributed by atoms with Crippen LogP contribution < -0.4 is 15.4 Å². The number of ether oxygens (including phenoxy) is 1. The molecule has 2 aromatic carbocycles. The Hall–Kier alpha value is -3.34. The zero-order valence-corrected chi connectivity index (χ0v) is 14.8. The molecule has 0 radical (unpaired) electrons. The van der Waals surface area contributed by atoms with Crippen molar-refractivity contribution in [3.63, 3.8) is 0 Å². The Balaban J connectivity index is 1.59. The number of methoxy groups -OCH3 is 1. The number of amides is 1. The number of aryl methyl sites for hydroxylation is 1. The van der Waals surface area contributed by atoms with Crippen molar-refractivity contribution < 1.29 is 9.53 Å². The molecule has 5 nitrogen and oxygen atoms in total. The van der Waals surface area contributed by atoms with Crippen LogP contribution in [0.2, 0.25) is 0 Å². The van der Waals surface area contributed by atoms with Crippen molar-refractivity contribution in [2.45, 2.75) is 13.5 Å². The molecule has 2 N–H and O–H groups in total. The first-order valence-electron chi connectivity index (χ1n) is 8.35. The van der Waals surface area contributed by atoms with Gasteiger partial charge in [-0.2, -0.15) is 0 Å². The fourth-order valence-corrected chi connectivity index (χ4v) is 2.55. The Labute approximate surface area is 153 Å². The second-order valence-corrected chi connectivity index (χ2v) is 5.96. The summed E-state index contributed by atoms with van der Waals surface area (Å²) >= 11 is 0. The highest BCUT2D eigenvalue weighted by Crippen LogP contribution is 2.16. The first-order valence-corrected chi connectivity index (χ1v) is 8.35. The van der Waals surface area contributed by atoms with Gasteiger partial charge in [-0.15, -0.1) is 0 Å². The monoisotopic (exact) mass is 347 g/mol. The van der Waals surface area contributed by atoms with Crippen molar-refractivity contribution in [3.8, 4) is 5.75 Å². The van der Waals surface area contributed by atoms with Gasteiger partial charge in [0.1, 0.15) is 11.6 Å². The molecule has 132 valence electrons. The van der Waals surface area contributed by atoms with Gasteiger partial charge in [-0.25, -0.2) is 4.98 Å². The fraction of sp³-hybridized carbons (Fsp3) is 0.143. The predicted octanol–water partition coefficient (Wildman–Crippen LogP) is 4.26. The van der Waals surface area contributed by atoms with Gasteiger partial charge in [-0.3, -0.25) is 4.79 Å². The molecule has 0 atom stereocenters. The Bertz CT molecular complexity index is 892. The molecule has 3 rings (SSSR count). The molecule has 1 amide bonds. The Morgan fingerprint density at radius 1 is 1.08 bits per heavy atom. The molecule has 26 heavy (non-hydrogen) atoms. The van der Waals surface area contributed by atoms with E-state index in [0.717, 1.165) is 12.2 Å². The van der Waals surface area contributed by atoms with E-state index in [-0.39, 0.29) is 5.91 Å². The molecule has 0 bridgehead atoms. The number of anilines is 2. The average molecular weight is 347 g/mol. The summed E-state index contributed by atoms with van der Waals surface area (Å²) in [4.78, 5) is 16.6. The minimum absolute atomic E-state index is 0.225. The van der Waals surface area contributed by atoms with Gasteiger partial charge in [0.2, 0.25) is 0 Å². The standard InChI is InChI=1S/C21H21N3O2/c1-15-5-3-6-16(11-15)13-22-18-9-10-20(23-14-18)24-21(25)17-7-4-8-19(12-17)26-2/h3-12,14,22H,13H2,1-2H3,(H,23,24,25). The zero-order valence-electron chi connectivity index (χ0n) is 14.8. The van der Waals surface area contributed by atoms with Crippen LogP contribution in [0.15, 0.2) is 66.9 Å². The zero-order chi connectivity index (χ0) is 18.4. The van der Waals surface area contributed by atoms with Crippen molar-refractivity contribution in [2.75, 3.05) is 17.7 Å². The second-order valence-electron chi connectivity index (χ2n) is 5.96. The number of nitrogens with one attached hydrogen (secondary N) is 2. The number of hydrogen-bond acceptors (Lipinski definition) is 4. The van der Waals surface area contributed by atoms with Crippen LogP contribution in [0, 0.1) is 6.92 Å². The summed E-state index contributed by atoms with van der Waals surface area (Å²) in [7, 11) is 1.57. The number of carbonyl (C=O) groups is 1. The fourth-order valence-electron chi connectivity index (χ4n) is 2.55. The van der Waals surface area contributed by atoms with Crippen LogP contribution in [-0.4, -0.2) is 18.0 Å². The number of benzene rings is 2. The summed E-state index contributed by atoms with van der Waals surface area (Å²) in [5, 5.41) is 6.11. The highest BCUT2D eigenvalue weighted by molar-refractivity contribution is 6.04. The number of aromatic nitrogens is 1. The van der Waals surface area contributed by atoms with Crippen LogP contribution in [0.5, 0.6) is 5.75 Å². The van der Waals surface area contributed by atoms with Crippen LogP contribution in [0.3, 0.4) is 0 Å². The van der Waals surface area contributed by atoms with Gasteiger partial charge < -0.3 is 15.4 Å². The lowest BCUT2D eigenvalue weighted by molar-refractivity contribution is 0.102. The Morgan fingerprint density at radius 2 is 1.92 bits per heavy atom. The molecule has 1 aromatic heterocycles. The van der Waals surface area contributed by atoms with E-state index in [1.807, 2.05) is 12.1 Å². The largest absolute Gasteiger partial charge is 0.497 e. The minimum Gasteiger partial charge on any atom is -0.497 e. The quantitative estimate of drug-likeness (QED) is 0.699. The summed E-state index contributed by atoms with van der Waals surface area (Å²) in [6, 6.07) is 19.0. The third kappa shape index (κ3) is 4.60. The number of pyridine rings is 1. The van der Waals surface area contributed by atoms with Crippen LogP contribution in [0.1, 0.15) is 21.5 Å². The Kier molecular flexibility index (Phi) is 5.49. The van der Waals surface area contributed by atoms with Crippen LogP contribution >= 0.6 is 0 Å². The van der Waals surface area contributed by atoms with E-state index in [1.54, 1.807) is 43.6 Å².